The molecule has 0 aliphatic carbocycles. The second kappa shape index (κ2) is 6.13. The van der Waals surface area contributed by atoms with Crippen LogP contribution in [-0.4, -0.2) is 35.6 Å². The van der Waals surface area contributed by atoms with E-state index >= 15 is 0 Å². The van der Waals surface area contributed by atoms with Crippen LogP contribution >= 0.6 is 0 Å². The number of para-hydroxylation sites is 1. The largest absolute Gasteiger partial charge is 0.492 e. The first-order chi connectivity index (χ1) is 9.53. The van der Waals surface area contributed by atoms with Crippen LogP contribution in [0, 0.1) is 5.41 Å². The molecule has 1 heterocycles. The molecule has 0 aromatic heterocycles. The number of oxime groups is 1. The maximum Gasteiger partial charge on any atom is 0.144 e. The number of ether oxygens (including phenoxy) is 1. The van der Waals surface area contributed by atoms with Crippen molar-refractivity contribution in [3.63, 3.8) is 0 Å². The molecule has 1 aromatic carbocycles. The van der Waals surface area contributed by atoms with Crippen molar-refractivity contribution in [3.8, 4) is 5.75 Å². The van der Waals surface area contributed by atoms with Gasteiger partial charge in [0, 0.05) is 24.1 Å². The van der Waals surface area contributed by atoms with Gasteiger partial charge in [0.1, 0.15) is 18.2 Å². The van der Waals surface area contributed by atoms with Crippen LogP contribution in [0.1, 0.15) is 25.8 Å². The molecule has 0 radical (unpaired) electrons. The number of nitrogens with zero attached hydrogens (tertiary/aromatic N) is 2. The summed E-state index contributed by atoms with van der Waals surface area (Å²) in [5.41, 5.74) is 6.64. The SMILES string of the molecule is CC(C)(CCN1CCOc2ccccc2C1)C(N)=NO. The molecule has 1 aliphatic heterocycles. The fourth-order valence-electron chi connectivity index (χ4n) is 2.27. The van der Waals surface area contributed by atoms with E-state index < -0.39 is 0 Å². The predicted molar refractivity (Wildman–Crippen MR) is 79.0 cm³/mol. The number of rotatable bonds is 4. The zero-order valence-electron chi connectivity index (χ0n) is 12.2. The monoisotopic (exact) mass is 277 g/mol. The minimum absolute atomic E-state index is 0.281. The highest BCUT2D eigenvalue weighted by Gasteiger charge is 2.25. The molecule has 0 amide bonds. The fourth-order valence-corrected chi connectivity index (χ4v) is 2.27. The highest BCUT2D eigenvalue weighted by molar-refractivity contribution is 5.85. The molecule has 2 rings (SSSR count). The molecule has 1 aliphatic rings. The molecule has 0 atom stereocenters. The van der Waals surface area contributed by atoms with Crippen LogP contribution in [0.15, 0.2) is 29.4 Å². The Morgan fingerprint density at radius 1 is 1.45 bits per heavy atom. The molecule has 20 heavy (non-hydrogen) atoms. The third-order valence-corrected chi connectivity index (χ3v) is 3.89. The van der Waals surface area contributed by atoms with Gasteiger partial charge in [0.05, 0.1) is 0 Å². The van der Waals surface area contributed by atoms with Crippen molar-refractivity contribution in [1.82, 2.24) is 4.90 Å². The summed E-state index contributed by atoms with van der Waals surface area (Å²) < 4.78 is 5.75. The van der Waals surface area contributed by atoms with Crippen molar-refractivity contribution >= 4 is 5.84 Å². The van der Waals surface area contributed by atoms with E-state index in [-0.39, 0.29) is 11.3 Å². The lowest BCUT2D eigenvalue weighted by Gasteiger charge is -2.27. The summed E-state index contributed by atoms with van der Waals surface area (Å²) in [4.78, 5) is 2.35. The Hall–Kier alpha value is -1.75. The van der Waals surface area contributed by atoms with Crippen molar-refractivity contribution in [1.29, 1.82) is 0 Å². The number of hydrogen-bond donors (Lipinski definition) is 2. The summed E-state index contributed by atoms with van der Waals surface area (Å²) in [7, 11) is 0. The van der Waals surface area contributed by atoms with Gasteiger partial charge in [-0.1, -0.05) is 37.2 Å². The molecule has 5 nitrogen and oxygen atoms in total. The van der Waals surface area contributed by atoms with Gasteiger partial charge in [0.2, 0.25) is 0 Å². The number of hydrogen-bond acceptors (Lipinski definition) is 4. The van der Waals surface area contributed by atoms with E-state index in [1.807, 2.05) is 32.0 Å². The summed E-state index contributed by atoms with van der Waals surface area (Å²) in [6.07, 6.45) is 0.838. The highest BCUT2D eigenvalue weighted by atomic mass is 16.5. The Morgan fingerprint density at radius 3 is 2.95 bits per heavy atom. The van der Waals surface area contributed by atoms with Crippen LogP contribution < -0.4 is 10.5 Å². The summed E-state index contributed by atoms with van der Waals surface area (Å²) in [6, 6.07) is 8.14. The van der Waals surface area contributed by atoms with Crippen molar-refractivity contribution in [2.45, 2.75) is 26.8 Å². The predicted octanol–water partition coefficient (Wildman–Crippen LogP) is 2.04. The third-order valence-electron chi connectivity index (χ3n) is 3.89. The number of benzene rings is 1. The smallest absolute Gasteiger partial charge is 0.144 e. The Labute approximate surface area is 120 Å². The van der Waals surface area contributed by atoms with Crippen LogP contribution in [0.2, 0.25) is 0 Å². The lowest BCUT2D eigenvalue weighted by Crippen LogP contribution is -2.36. The summed E-state index contributed by atoms with van der Waals surface area (Å²) >= 11 is 0. The van der Waals surface area contributed by atoms with Crippen LogP contribution in [0.4, 0.5) is 0 Å². The van der Waals surface area contributed by atoms with Gasteiger partial charge >= 0.3 is 0 Å². The average molecular weight is 277 g/mol. The van der Waals surface area contributed by atoms with Gasteiger partial charge in [-0.3, -0.25) is 4.90 Å². The Kier molecular flexibility index (Phi) is 4.49. The number of amidine groups is 1. The van der Waals surface area contributed by atoms with E-state index in [1.165, 1.54) is 5.56 Å². The average Bonchev–Trinajstić information content (AvgIpc) is 2.66. The van der Waals surface area contributed by atoms with E-state index in [0.29, 0.717) is 6.61 Å². The molecule has 0 saturated carbocycles. The first-order valence-corrected chi connectivity index (χ1v) is 6.94. The van der Waals surface area contributed by atoms with Gasteiger partial charge < -0.3 is 15.7 Å². The maximum absolute atomic E-state index is 8.81. The van der Waals surface area contributed by atoms with Crippen molar-refractivity contribution in [3.05, 3.63) is 29.8 Å². The first kappa shape index (κ1) is 14.7. The van der Waals surface area contributed by atoms with Gasteiger partial charge in [-0.25, -0.2) is 0 Å². The zero-order chi connectivity index (χ0) is 14.6. The highest BCUT2D eigenvalue weighted by Crippen LogP contribution is 2.25. The van der Waals surface area contributed by atoms with E-state index in [0.717, 1.165) is 31.8 Å². The van der Waals surface area contributed by atoms with Gasteiger partial charge in [0.25, 0.3) is 0 Å². The normalized spacial score (nSPS) is 17.2. The first-order valence-electron chi connectivity index (χ1n) is 6.94. The quantitative estimate of drug-likeness (QED) is 0.382. The molecule has 0 fully saturated rings. The fraction of sp³-hybridized carbons (Fsp3) is 0.533. The lowest BCUT2D eigenvalue weighted by molar-refractivity contribution is 0.207. The maximum atomic E-state index is 8.81. The summed E-state index contributed by atoms with van der Waals surface area (Å²) in [5.74, 6) is 1.26. The van der Waals surface area contributed by atoms with Crippen LogP contribution in [0.3, 0.4) is 0 Å². The van der Waals surface area contributed by atoms with Gasteiger partial charge in [0.15, 0.2) is 0 Å². The van der Waals surface area contributed by atoms with E-state index in [4.69, 9.17) is 15.7 Å². The van der Waals surface area contributed by atoms with E-state index in [1.54, 1.807) is 0 Å². The van der Waals surface area contributed by atoms with Crippen LogP contribution in [0.25, 0.3) is 0 Å². The van der Waals surface area contributed by atoms with Gasteiger partial charge in [-0.15, -0.1) is 0 Å². The van der Waals surface area contributed by atoms with Crippen molar-refractivity contribution in [2.75, 3.05) is 19.7 Å². The Bertz CT molecular complexity index is 486. The summed E-state index contributed by atoms with van der Waals surface area (Å²) in [5, 5.41) is 11.9. The Balaban J connectivity index is 1.98. The van der Waals surface area contributed by atoms with E-state index in [9.17, 15) is 0 Å². The zero-order valence-corrected chi connectivity index (χ0v) is 12.2. The topological polar surface area (TPSA) is 71.1 Å². The third kappa shape index (κ3) is 3.42. The Morgan fingerprint density at radius 2 is 2.20 bits per heavy atom. The van der Waals surface area contributed by atoms with Crippen LogP contribution in [0.5, 0.6) is 5.75 Å². The molecule has 0 bridgehead atoms. The summed E-state index contributed by atoms with van der Waals surface area (Å²) in [6.45, 7) is 7.33. The lowest BCUT2D eigenvalue weighted by atomic mass is 9.88. The molecule has 5 heteroatoms. The minimum atomic E-state index is -0.304. The second-order valence-electron chi connectivity index (χ2n) is 5.85. The van der Waals surface area contributed by atoms with Gasteiger partial charge in [-0.05, 0) is 19.0 Å². The molecule has 110 valence electrons. The van der Waals surface area contributed by atoms with Crippen LogP contribution in [-0.2, 0) is 6.54 Å². The second-order valence-corrected chi connectivity index (χ2v) is 5.85. The molecular weight excluding hydrogens is 254 g/mol. The molecule has 0 saturated heterocycles. The molecule has 0 spiro atoms. The standard InChI is InChI=1S/C15H23N3O2/c1-15(2,14(16)17-19)7-8-18-9-10-20-13-6-4-3-5-12(13)11-18/h3-6,19H,7-11H2,1-2H3,(H2,16,17). The molecule has 3 N–H and O–H groups in total. The minimum Gasteiger partial charge on any atom is -0.492 e. The number of fused-ring (bicyclic) bond motifs is 1. The molecule has 1 aromatic rings. The van der Waals surface area contributed by atoms with Crippen molar-refractivity contribution in [2.24, 2.45) is 16.3 Å². The van der Waals surface area contributed by atoms with E-state index in [2.05, 4.69) is 16.1 Å². The van der Waals surface area contributed by atoms with Crippen molar-refractivity contribution < 1.29 is 9.94 Å². The molecular formula is C15H23N3O2. The number of nitrogens with two attached hydrogens (primary N) is 1. The van der Waals surface area contributed by atoms with Gasteiger partial charge in [-0.2, -0.15) is 0 Å². The molecule has 0 unspecified atom stereocenters.